The Morgan fingerprint density at radius 2 is 1.90 bits per heavy atom. The van der Waals surface area contributed by atoms with Crippen LogP contribution in [0.3, 0.4) is 0 Å². The zero-order valence-corrected chi connectivity index (χ0v) is 6.64. The molecule has 62 valence electrons. The van der Waals surface area contributed by atoms with Crippen molar-refractivity contribution in [3.05, 3.63) is 0 Å². The second kappa shape index (κ2) is 4.99. The Balaban J connectivity index is 0. The van der Waals surface area contributed by atoms with Crippen LogP contribution in [0.5, 0.6) is 0 Å². The van der Waals surface area contributed by atoms with E-state index in [4.69, 9.17) is 4.89 Å². The molecule has 0 aromatic rings. The minimum atomic E-state index is -4.39. The van der Waals surface area contributed by atoms with Gasteiger partial charge in [-0.3, -0.25) is 4.89 Å². The van der Waals surface area contributed by atoms with Gasteiger partial charge < -0.3 is 19.7 Å². The summed E-state index contributed by atoms with van der Waals surface area (Å²) in [5, 5.41) is 9.56. The molecule has 0 aromatic heterocycles. The third-order valence-corrected chi connectivity index (χ3v) is 1.39. The molecule has 0 aliphatic heterocycles. The molecule has 0 atom stereocenters. The summed E-state index contributed by atoms with van der Waals surface area (Å²) in [6.45, 7) is 0. The summed E-state index contributed by atoms with van der Waals surface area (Å²) in [7, 11) is -4.39. The summed E-state index contributed by atoms with van der Waals surface area (Å²) in [5.74, 6) is -1.49. The molecule has 0 saturated carbocycles. The van der Waals surface area contributed by atoms with Crippen LogP contribution in [0.4, 0.5) is 0 Å². The smallest absolute Gasteiger partial charge is 0.660 e. The van der Waals surface area contributed by atoms with Gasteiger partial charge in [0.15, 0.2) is 0 Å². The Hall–Kier alpha value is 0.274. The molecule has 0 spiro atoms. The van der Waals surface area contributed by atoms with Crippen LogP contribution < -0.4 is 14.9 Å². The average molecular weight is 211 g/mol. The molecular weight excluding hydrogens is 206 g/mol. The molecule has 0 fully saturated rings. The quantitative estimate of drug-likeness (QED) is 0.386. The topological polar surface area (TPSA) is 106 Å². The van der Waals surface area contributed by atoms with Crippen LogP contribution >= 0.6 is 7.94 Å². The number of rotatable bonds is 3. The van der Waals surface area contributed by atoms with Crippen LogP contribution in [0.1, 0.15) is 6.42 Å². The number of carbonyl (C=O) groups is 1. The number of carboxylic acid groups (broad SMARTS) is 1. The van der Waals surface area contributed by atoms with E-state index in [9.17, 15) is 19.7 Å². The van der Waals surface area contributed by atoms with Crippen molar-refractivity contribution in [2.24, 2.45) is 0 Å². The maximum absolute atomic E-state index is 9.83. The van der Waals surface area contributed by atoms with Gasteiger partial charge in [-0.05, 0) is 0 Å². The van der Waals surface area contributed by atoms with Gasteiger partial charge in [-0.1, -0.05) is 0 Å². The number of hydrogen-bond acceptors (Lipinski definition) is 5. The fourth-order valence-corrected chi connectivity index (χ4v) is 0.698. The van der Waals surface area contributed by atoms with E-state index in [0.29, 0.717) is 0 Å². The summed E-state index contributed by atoms with van der Waals surface area (Å²) in [5.41, 5.74) is 0. The van der Waals surface area contributed by atoms with Crippen molar-refractivity contribution in [3.8, 4) is 0 Å². The number of carbonyl (C=O) groups excluding carboxylic acids is 1. The Bertz CT molecular complexity index is 110. The van der Waals surface area contributed by atoms with E-state index in [-0.39, 0.29) is 16.5 Å². The van der Waals surface area contributed by atoms with Crippen LogP contribution in [0.2, 0.25) is 0 Å². The van der Waals surface area contributed by atoms with Gasteiger partial charge in [-0.25, -0.2) is 0 Å². The van der Waals surface area contributed by atoms with Crippen molar-refractivity contribution < 1.29 is 41.1 Å². The molecule has 0 amide bonds. The predicted molar refractivity (Wildman–Crippen MR) is 23.6 cm³/mol. The normalized spacial score (nSPS) is 10.3. The zero-order chi connectivity index (χ0) is 7.49. The second-order valence-corrected chi connectivity index (χ2v) is 3.21. The standard InChI is InChI=1S/C3H7O5P.Ni/c4-3(5)1-2-9(6,7)8;/h1-2H2,(H,4,5)(H2,6,7,8);/q;+2/p-2. The minimum absolute atomic E-state index is 0. The van der Waals surface area contributed by atoms with Crippen LogP contribution in [-0.4, -0.2) is 17.0 Å². The molecule has 10 heavy (non-hydrogen) atoms. The van der Waals surface area contributed by atoms with Gasteiger partial charge in [0.2, 0.25) is 0 Å². The molecule has 0 aromatic carbocycles. The van der Waals surface area contributed by atoms with Crippen molar-refractivity contribution in [1.29, 1.82) is 0 Å². The van der Waals surface area contributed by atoms with Gasteiger partial charge in [-0.15, -0.1) is 0 Å². The molecule has 5 nitrogen and oxygen atoms in total. The molecule has 0 radical (unpaired) electrons. The summed E-state index contributed by atoms with van der Waals surface area (Å²) < 4.78 is 0. The molecule has 0 bridgehead atoms. The summed E-state index contributed by atoms with van der Waals surface area (Å²) in [6, 6.07) is 0. The Morgan fingerprint density at radius 3 is 2.00 bits per heavy atom. The van der Waals surface area contributed by atoms with Crippen molar-refractivity contribution in [2.75, 3.05) is 6.16 Å². The van der Waals surface area contributed by atoms with Crippen molar-refractivity contribution in [3.63, 3.8) is 0 Å². The van der Waals surface area contributed by atoms with E-state index in [1.807, 2.05) is 0 Å². The molecule has 0 aliphatic rings. The molecule has 0 heterocycles. The van der Waals surface area contributed by atoms with Crippen molar-refractivity contribution in [2.45, 2.75) is 6.42 Å². The van der Waals surface area contributed by atoms with E-state index >= 15 is 0 Å². The van der Waals surface area contributed by atoms with Gasteiger partial charge in [0.05, 0.1) is 6.16 Å². The minimum Gasteiger partial charge on any atom is -0.660 e. The second-order valence-electron chi connectivity index (χ2n) is 1.48. The zero-order valence-electron chi connectivity index (χ0n) is 4.76. The van der Waals surface area contributed by atoms with Crippen molar-refractivity contribution >= 4 is 13.9 Å². The molecular formula is C3H5NiO5P. The predicted octanol–water partition coefficient (Wildman–Crippen LogP) is -3.40. The third-order valence-electron chi connectivity index (χ3n) is 0.599. The van der Waals surface area contributed by atoms with E-state index in [1.54, 1.807) is 0 Å². The van der Waals surface area contributed by atoms with Crippen molar-refractivity contribution in [1.82, 2.24) is 0 Å². The number of hydrogen-bond donors (Lipinski definition) is 1. The maximum Gasteiger partial charge on any atom is 2.00 e. The van der Waals surface area contributed by atoms with E-state index < -0.39 is 26.5 Å². The maximum atomic E-state index is 9.83. The third kappa shape index (κ3) is 11.1. The van der Waals surface area contributed by atoms with E-state index in [0.717, 1.165) is 0 Å². The first-order valence-corrected chi connectivity index (χ1v) is 3.91. The summed E-state index contributed by atoms with van der Waals surface area (Å²) in [4.78, 5) is 37.2. The Kier molecular flexibility index (Phi) is 6.45. The first-order chi connectivity index (χ1) is 3.92. The number of aliphatic carboxylic acids is 1. The van der Waals surface area contributed by atoms with Gasteiger partial charge in [0.25, 0.3) is 0 Å². The monoisotopic (exact) mass is 210 g/mol. The summed E-state index contributed by atoms with van der Waals surface area (Å²) in [6.07, 6.45) is -1.41. The Labute approximate surface area is 68.2 Å². The average Bonchev–Trinajstić information content (AvgIpc) is 1.59. The Morgan fingerprint density at radius 1 is 1.50 bits per heavy atom. The van der Waals surface area contributed by atoms with Crippen LogP contribution in [0.15, 0.2) is 0 Å². The molecule has 0 unspecified atom stereocenters. The number of carboxylic acids is 1. The van der Waals surface area contributed by atoms with Crippen LogP contribution in [-0.2, 0) is 21.3 Å². The first kappa shape index (κ1) is 12.9. The van der Waals surface area contributed by atoms with E-state index in [2.05, 4.69) is 0 Å². The fourth-order valence-electron chi connectivity index (χ4n) is 0.233. The van der Waals surface area contributed by atoms with Gasteiger partial charge >= 0.3 is 16.5 Å². The summed E-state index contributed by atoms with van der Waals surface area (Å²) >= 11 is 0. The SMILES string of the molecule is O=C([O-])CC[P+]([O-])([O-])O.[Ni+2]. The largest absolute Gasteiger partial charge is 2.00 e. The van der Waals surface area contributed by atoms with Crippen LogP contribution in [0.25, 0.3) is 0 Å². The first-order valence-electron chi connectivity index (χ1n) is 2.14. The van der Waals surface area contributed by atoms with Gasteiger partial charge in [-0.2, -0.15) is 0 Å². The van der Waals surface area contributed by atoms with E-state index in [1.165, 1.54) is 0 Å². The fraction of sp³-hybridized carbons (Fsp3) is 0.667. The molecule has 1 N–H and O–H groups in total. The molecule has 0 rings (SSSR count). The molecule has 0 saturated heterocycles. The molecule has 7 heteroatoms. The van der Waals surface area contributed by atoms with Gasteiger partial charge in [0, 0.05) is 20.3 Å². The molecule has 0 aliphatic carbocycles. The van der Waals surface area contributed by atoms with Gasteiger partial charge in [0.1, 0.15) is 0 Å². The van der Waals surface area contributed by atoms with Crippen LogP contribution in [0, 0.1) is 0 Å².